The van der Waals surface area contributed by atoms with Crippen molar-refractivity contribution < 1.29 is 24.1 Å². The summed E-state index contributed by atoms with van der Waals surface area (Å²) in [5, 5.41) is 9.26. The van der Waals surface area contributed by atoms with E-state index in [-0.39, 0.29) is 6.61 Å². The lowest BCUT2D eigenvalue weighted by Crippen LogP contribution is -2.25. The molecule has 0 saturated heterocycles. The van der Waals surface area contributed by atoms with Crippen molar-refractivity contribution in [3.05, 3.63) is 23.8 Å². The number of aliphatic hydroxyl groups is 1. The van der Waals surface area contributed by atoms with E-state index in [0.29, 0.717) is 23.7 Å². The van der Waals surface area contributed by atoms with Crippen molar-refractivity contribution in [3.63, 3.8) is 0 Å². The van der Waals surface area contributed by atoms with E-state index < -0.39 is 12.1 Å². The molecular formula is C14H20O5. The van der Waals surface area contributed by atoms with Gasteiger partial charge in [-0.15, -0.1) is 0 Å². The molecule has 0 saturated carbocycles. The molecule has 0 radical (unpaired) electrons. The summed E-state index contributed by atoms with van der Waals surface area (Å²) in [5.41, 5.74) is 0.597. The van der Waals surface area contributed by atoms with Gasteiger partial charge >= 0.3 is 5.97 Å². The Morgan fingerprint density at radius 2 is 2.16 bits per heavy atom. The van der Waals surface area contributed by atoms with E-state index in [9.17, 15) is 9.90 Å². The fourth-order valence-electron chi connectivity index (χ4n) is 1.49. The van der Waals surface area contributed by atoms with Gasteiger partial charge in [-0.3, -0.25) is 0 Å². The summed E-state index contributed by atoms with van der Waals surface area (Å²) in [6, 6.07) is 5.14. The summed E-state index contributed by atoms with van der Waals surface area (Å²) >= 11 is 0. The minimum atomic E-state index is -0.739. The minimum Gasteiger partial charge on any atom is -0.493 e. The average Bonchev–Trinajstić information content (AvgIpc) is 2.44. The maximum absolute atomic E-state index is 11.3. The van der Waals surface area contributed by atoms with Crippen LogP contribution in [0.15, 0.2) is 18.2 Å². The fourth-order valence-corrected chi connectivity index (χ4v) is 1.49. The third kappa shape index (κ3) is 4.44. The molecule has 0 spiro atoms. The molecule has 0 amide bonds. The van der Waals surface area contributed by atoms with Gasteiger partial charge in [-0.2, -0.15) is 0 Å². The third-order valence-electron chi connectivity index (χ3n) is 2.52. The molecule has 0 aromatic heterocycles. The molecule has 1 aromatic carbocycles. The number of rotatable bonds is 7. The maximum Gasteiger partial charge on any atom is 0.346 e. The number of methoxy groups -OCH3 is 1. The zero-order chi connectivity index (χ0) is 14.3. The van der Waals surface area contributed by atoms with Gasteiger partial charge in [0.2, 0.25) is 0 Å². The molecule has 0 aliphatic heterocycles. The smallest absolute Gasteiger partial charge is 0.346 e. The van der Waals surface area contributed by atoms with Crippen molar-refractivity contribution in [2.45, 2.75) is 33.0 Å². The van der Waals surface area contributed by atoms with Crippen LogP contribution in [0.25, 0.3) is 0 Å². The highest BCUT2D eigenvalue weighted by Gasteiger charge is 2.17. The van der Waals surface area contributed by atoms with Gasteiger partial charge in [-0.1, -0.05) is 6.92 Å². The van der Waals surface area contributed by atoms with Crippen LogP contribution in [0.5, 0.6) is 11.5 Å². The van der Waals surface area contributed by atoms with E-state index in [1.165, 1.54) is 7.11 Å². The van der Waals surface area contributed by atoms with Crippen molar-refractivity contribution in [1.29, 1.82) is 0 Å². The van der Waals surface area contributed by atoms with E-state index in [4.69, 9.17) is 9.47 Å². The Hall–Kier alpha value is -1.75. The van der Waals surface area contributed by atoms with Crippen LogP contribution in [0, 0.1) is 0 Å². The first-order chi connectivity index (χ1) is 9.12. The Morgan fingerprint density at radius 1 is 1.42 bits per heavy atom. The second-order valence-corrected chi connectivity index (χ2v) is 4.06. The van der Waals surface area contributed by atoms with Crippen molar-refractivity contribution in [2.75, 3.05) is 13.7 Å². The van der Waals surface area contributed by atoms with Gasteiger partial charge in [0.25, 0.3) is 0 Å². The molecule has 0 bridgehead atoms. The molecule has 0 aliphatic rings. The lowest BCUT2D eigenvalue weighted by Gasteiger charge is -2.16. The zero-order valence-electron chi connectivity index (χ0n) is 11.5. The molecule has 1 rings (SSSR count). The quantitative estimate of drug-likeness (QED) is 0.765. The van der Waals surface area contributed by atoms with Gasteiger partial charge in [-0.05, 0) is 25.5 Å². The first kappa shape index (κ1) is 15.3. The fraction of sp³-hybridized carbons (Fsp3) is 0.500. The van der Waals surface area contributed by atoms with Crippen molar-refractivity contribution in [2.24, 2.45) is 0 Å². The molecule has 1 unspecified atom stereocenters. The number of hydrogen-bond donors (Lipinski definition) is 1. The van der Waals surface area contributed by atoms with Crippen LogP contribution in [-0.4, -0.2) is 30.9 Å². The standard InChI is InChI=1S/C14H20O5/c1-4-7-18-12-6-5-11(9-15)13(8-12)19-10(2)14(16)17-3/h5-6,8,10,15H,4,7,9H2,1-3H3. The third-order valence-corrected chi connectivity index (χ3v) is 2.52. The van der Waals surface area contributed by atoms with Crippen LogP contribution >= 0.6 is 0 Å². The van der Waals surface area contributed by atoms with E-state index in [1.807, 2.05) is 6.92 Å². The Morgan fingerprint density at radius 3 is 2.74 bits per heavy atom. The van der Waals surface area contributed by atoms with Gasteiger partial charge in [-0.25, -0.2) is 4.79 Å². The SMILES string of the molecule is CCCOc1ccc(CO)c(OC(C)C(=O)OC)c1. The molecule has 1 atom stereocenters. The van der Waals surface area contributed by atoms with E-state index in [1.54, 1.807) is 25.1 Å². The lowest BCUT2D eigenvalue weighted by molar-refractivity contribution is -0.147. The Bertz CT molecular complexity index is 416. The molecule has 5 heteroatoms. The van der Waals surface area contributed by atoms with Crippen LogP contribution in [0.2, 0.25) is 0 Å². The normalized spacial score (nSPS) is 11.8. The summed E-state index contributed by atoms with van der Waals surface area (Å²) < 4.78 is 15.6. The number of ether oxygens (including phenoxy) is 3. The highest BCUT2D eigenvalue weighted by molar-refractivity contribution is 5.74. The van der Waals surface area contributed by atoms with E-state index >= 15 is 0 Å². The summed E-state index contributed by atoms with van der Waals surface area (Å²) in [4.78, 5) is 11.3. The van der Waals surface area contributed by atoms with Gasteiger partial charge in [0.05, 0.1) is 20.3 Å². The molecule has 106 valence electrons. The highest BCUT2D eigenvalue weighted by atomic mass is 16.6. The molecule has 1 N–H and O–H groups in total. The van der Waals surface area contributed by atoms with Crippen molar-refractivity contribution in [1.82, 2.24) is 0 Å². The van der Waals surface area contributed by atoms with Crippen LogP contribution < -0.4 is 9.47 Å². The van der Waals surface area contributed by atoms with Gasteiger partial charge in [0.15, 0.2) is 6.10 Å². The highest BCUT2D eigenvalue weighted by Crippen LogP contribution is 2.26. The Kier molecular flexibility index (Phi) is 6.15. The molecular weight excluding hydrogens is 248 g/mol. The average molecular weight is 268 g/mol. The molecule has 0 aliphatic carbocycles. The number of hydrogen-bond acceptors (Lipinski definition) is 5. The van der Waals surface area contributed by atoms with Gasteiger partial charge in [0, 0.05) is 11.6 Å². The molecule has 5 nitrogen and oxygen atoms in total. The monoisotopic (exact) mass is 268 g/mol. The van der Waals surface area contributed by atoms with Crippen LogP contribution in [0.3, 0.4) is 0 Å². The lowest BCUT2D eigenvalue weighted by atomic mass is 10.2. The molecule has 0 heterocycles. The topological polar surface area (TPSA) is 65.0 Å². The van der Waals surface area contributed by atoms with E-state index in [0.717, 1.165) is 6.42 Å². The summed E-state index contributed by atoms with van der Waals surface area (Å²) in [5.74, 6) is 0.601. The second kappa shape index (κ2) is 7.63. The van der Waals surface area contributed by atoms with Crippen LogP contribution in [0.4, 0.5) is 0 Å². The van der Waals surface area contributed by atoms with Crippen LogP contribution in [-0.2, 0) is 16.1 Å². The number of benzene rings is 1. The summed E-state index contributed by atoms with van der Waals surface area (Å²) in [6.45, 7) is 4.03. The predicted octanol–water partition coefficient (Wildman–Crippen LogP) is 1.91. The minimum absolute atomic E-state index is 0.169. The summed E-state index contributed by atoms with van der Waals surface area (Å²) in [6.07, 6.45) is 0.160. The molecule has 0 fully saturated rings. The second-order valence-electron chi connectivity index (χ2n) is 4.06. The van der Waals surface area contributed by atoms with E-state index in [2.05, 4.69) is 4.74 Å². The van der Waals surface area contributed by atoms with Crippen molar-refractivity contribution >= 4 is 5.97 Å². The zero-order valence-corrected chi connectivity index (χ0v) is 11.5. The first-order valence-electron chi connectivity index (χ1n) is 6.23. The largest absolute Gasteiger partial charge is 0.493 e. The predicted molar refractivity (Wildman–Crippen MR) is 70.3 cm³/mol. The van der Waals surface area contributed by atoms with Crippen molar-refractivity contribution in [3.8, 4) is 11.5 Å². The first-order valence-corrected chi connectivity index (χ1v) is 6.23. The molecule has 19 heavy (non-hydrogen) atoms. The number of esters is 1. The number of carbonyl (C=O) groups is 1. The van der Waals surface area contributed by atoms with Gasteiger partial charge in [0.1, 0.15) is 11.5 Å². The van der Waals surface area contributed by atoms with Crippen LogP contribution in [0.1, 0.15) is 25.8 Å². The maximum atomic E-state index is 11.3. The number of carbonyl (C=O) groups excluding carboxylic acids is 1. The molecule has 1 aromatic rings. The Balaban J connectivity index is 2.86. The van der Waals surface area contributed by atoms with Gasteiger partial charge < -0.3 is 19.3 Å². The Labute approximate surface area is 113 Å². The number of aliphatic hydroxyl groups excluding tert-OH is 1. The summed E-state index contributed by atoms with van der Waals surface area (Å²) in [7, 11) is 1.30.